The van der Waals surface area contributed by atoms with E-state index in [1.807, 2.05) is 0 Å². The van der Waals surface area contributed by atoms with Crippen molar-refractivity contribution in [3.8, 4) is 0 Å². The lowest BCUT2D eigenvalue weighted by molar-refractivity contribution is -0.0186. The molecule has 0 spiro atoms. The maximum absolute atomic E-state index is 10.4. The smallest absolute Gasteiger partial charge is 0.107 e. The van der Waals surface area contributed by atoms with Crippen LogP contribution in [0.1, 0.15) is 65.7 Å². The predicted molar refractivity (Wildman–Crippen MR) is 82.6 cm³/mol. The maximum Gasteiger partial charge on any atom is 0.107 e. The molecule has 0 bridgehead atoms. The van der Waals surface area contributed by atoms with Crippen molar-refractivity contribution in [3.05, 3.63) is 0 Å². The molecule has 2 aliphatic rings. The van der Waals surface area contributed by atoms with Crippen LogP contribution < -0.4 is 0 Å². The van der Waals surface area contributed by atoms with E-state index in [1.54, 1.807) is 0 Å². The van der Waals surface area contributed by atoms with Crippen LogP contribution in [0.3, 0.4) is 0 Å². The molecule has 20 heavy (non-hydrogen) atoms. The molecule has 0 amide bonds. The van der Waals surface area contributed by atoms with Crippen LogP contribution in [0, 0.1) is 11.8 Å². The van der Waals surface area contributed by atoms with Crippen LogP contribution in [-0.2, 0) is 4.74 Å². The number of hydrogen-bond donors (Lipinski definition) is 1. The van der Waals surface area contributed by atoms with E-state index in [-0.39, 0.29) is 6.23 Å². The summed E-state index contributed by atoms with van der Waals surface area (Å²) in [7, 11) is 0. The highest BCUT2D eigenvalue weighted by atomic mass is 16.6. The Morgan fingerprint density at radius 2 is 1.90 bits per heavy atom. The molecule has 0 aromatic rings. The van der Waals surface area contributed by atoms with Gasteiger partial charge in [-0.25, -0.2) is 0 Å². The Labute approximate surface area is 124 Å². The Bertz CT molecular complexity index is 280. The number of aliphatic hydroxyl groups excluding tert-OH is 1. The molecular weight excluding hydrogens is 250 g/mol. The lowest BCUT2D eigenvalue weighted by atomic mass is 9.74. The number of hydrogen-bond acceptors (Lipinski definition) is 3. The predicted octanol–water partition coefficient (Wildman–Crippen LogP) is 3.41. The normalized spacial score (nSPS) is 34.0. The Morgan fingerprint density at radius 3 is 2.55 bits per heavy atom. The molecule has 5 atom stereocenters. The zero-order valence-electron chi connectivity index (χ0n) is 13.6. The largest absolute Gasteiger partial charge is 0.378 e. The molecule has 1 heterocycles. The fourth-order valence-electron chi connectivity index (χ4n) is 4.01. The van der Waals surface area contributed by atoms with Gasteiger partial charge in [0.2, 0.25) is 0 Å². The molecule has 1 N–H and O–H groups in total. The molecular formula is C17H33NO2. The second-order valence-corrected chi connectivity index (χ2v) is 6.57. The second kappa shape index (κ2) is 7.77. The van der Waals surface area contributed by atoms with E-state index in [1.165, 1.54) is 38.5 Å². The molecule has 0 aromatic heterocycles. The van der Waals surface area contributed by atoms with Gasteiger partial charge < -0.3 is 9.84 Å². The van der Waals surface area contributed by atoms with E-state index in [4.69, 9.17) is 4.74 Å². The summed E-state index contributed by atoms with van der Waals surface area (Å²) in [6.45, 7) is 8.40. The number of ether oxygens (including phenoxy) is 1. The van der Waals surface area contributed by atoms with Gasteiger partial charge in [-0.1, -0.05) is 40.0 Å². The van der Waals surface area contributed by atoms with Crippen molar-refractivity contribution >= 4 is 0 Å². The van der Waals surface area contributed by atoms with Crippen LogP contribution in [0.2, 0.25) is 0 Å². The molecule has 3 heteroatoms. The van der Waals surface area contributed by atoms with E-state index >= 15 is 0 Å². The summed E-state index contributed by atoms with van der Waals surface area (Å²) in [6, 6.07) is 0. The van der Waals surface area contributed by atoms with Crippen LogP contribution in [0.25, 0.3) is 0 Å². The first-order valence-electron chi connectivity index (χ1n) is 8.78. The molecule has 1 saturated heterocycles. The van der Waals surface area contributed by atoms with Crippen LogP contribution in [0.5, 0.6) is 0 Å². The highest BCUT2D eigenvalue weighted by Gasteiger charge is 2.50. The fourth-order valence-corrected chi connectivity index (χ4v) is 4.01. The first kappa shape index (κ1) is 16.3. The van der Waals surface area contributed by atoms with Crippen molar-refractivity contribution in [2.24, 2.45) is 11.8 Å². The Morgan fingerprint density at radius 1 is 1.15 bits per heavy atom. The van der Waals surface area contributed by atoms with E-state index in [0.717, 1.165) is 19.5 Å². The average molecular weight is 283 g/mol. The summed E-state index contributed by atoms with van der Waals surface area (Å²) >= 11 is 0. The van der Waals surface area contributed by atoms with Gasteiger partial charge >= 0.3 is 0 Å². The lowest BCUT2D eigenvalue weighted by Crippen LogP contribution is -2.39. The standard InChI is InChI=1S/C17H33NO2/c1-4-7-8-9-14-13(10-11-15-17(14)20-15)12-16(19)18(5-2)6-3/h13-17,19H,4-12H2,1-3H3. The first-order valence-corrected chi connectivity index (χ1v) is 8.78. The second-order valence-electron chi connectivity index (χ2n) is 6.57. The minimum atomic E-state index is -0.265. The van der Waals surface area contributed by atoms with Crippen LogP contribution in [0.4, 0.5) is 0 Å². The molecule has 3 nitrogen and oxygen atoms in total. The molecule has 118 valence electrons. The third kappa shape index (κ3) is 3.96. The Kier molecular flexibility index (Phi) is 6.31. The number of aliphatic hydroxyl groups is 1. The number of epoxide rings is 1. The molecule has 0 radical (unpaired) electrons. The molecule has 1 saturated carbocycles. The topological polar surface area (TPSA) is 36.0 Å². The minimum absolute atomic E-state index is 0.265. The third-order valence-corrected chi connectivity index (χ3v) is 5.36. The SMILES string of the molecule is CCCCCC1C(CC(O)N(CC)CC)CCC2OC21. The van der Waals surface area contributed by atoms with Gasteiger partial charge in [-0.3, -0.25) is 4.90 Å². The summed E-state index contributed by atoms with van der Waals surface area (Å²) in [4.78, 5) is 2.17. The zero-order chi connectivity index (χ0) is 14.5. The molecule has 1 aliphatic heterocycles. The molecule has 2 rings (SSSR count). The maximum atomic E-state index is 10.4. The number of nitrogens with zero attached hydrogens (tertiary/aromatic N) is 1. The summed E-state index contributed by atoms with van der Waals surface area (Å²) in [6.07, 6.45) is 9.45. The monoisotopic (exact) mass is 283 g/mol. The highest BCUT2D eigenvalue weighted by Crippen LogP contribution is 2.47. The van der Waals surface area contributed by atoms with Crippen LogP contribution >= 0.6 is 0 Å². The van der Waals surface area contributed by atoms with Crippen molar-refractivity contribution in [3.63, 3.8) is 0 Å². The van der Waals surface area contributed by atoms with Gasteiger partial charge in [-0.2, -0.15) is 0 Å². The van der Waals surface area contributed by atoms with Gasteiger partial charge in [0.1, 0.15) is 6.23 Å². The van der Waals surface area contributed by atoms with E-state index in [2.05, 4.69) is 25.7 Å². The highest BCUT2D eigenvalue weighted by molar-refractivity contribution is 4.98. The fraction of sp³-hybridized carbons (Fsp3) is 1.00. The number of fused-ring (bicyclic) bond motifs is 1. The zero-order valence-corrected chi connectivity index (χ0v) is 13.6. The van der Waals surface area contributed by atoms with Gasteiger partial charge in [0.05, 0.1) is 12.2 Å². The Balaban J connectivity index is 1.86. The minimum Gasteiger partial charge on any atom is -0.378 e. The molecule has 2 fully saturated rings. The molecule has 0 aromatic carbocycles. The number of rotatable bonds is 9. The summed E-state index contributed by atoms with van der Waals surface area (Å²) in [5, 5.41) is 10.4. The van der Waals surface area contributed by atoms with Crippen LogP contribution in [0.15, 0.2) is 0 Å². The Hall–Kier alpha value is -0.120. The van der Waals surface area contributed by atoms with Gasteiger partial charge in [-0.15, -0.1) is 0 Å². The van der Waals surface area contributed by atoms with Crippen molar-refractivity contribution < 1.29 is 9.84 Å². The summed E-state index contributed by atoms with van der Waals surface area (Å²) in [5.74, 6) is 1.36. The van der Waals surface area contributed by atoms with Gasteiger partial charge in [0, 0.05) is 0 Å². The first-order chi connectivity index (χ1) is 9.71. The number of unbranched alkanes of at least 4 members (excludes halogenated alkanes) is 2. The van der Waals surface area contributed by atoms with Gasteiger partial charge in [0.25, 0.3) is 0 Å². The summed E-state index contributed by atoms with van der Waals surface area (Å²) < 4.78 is 5.85. The lowest BCUT2D eigenvalue weighted by Gasteiger charge is -2.34. The van der Waals surface area contributed by atoms with E-state index < -0.39 is 0 Å². The summed E-state index contributed by atoms with van der Waals surface area (Å²) in [5.41, 5.74) is 0. The van der Waals surface area contributed by atoms with Crippen molar-refractivity contribution in [1.29, 1.82) is 0 Å². The van der Waals surface area contributed by atoms with Crippen molar-refractivity contribution in [1.82, 2.24) is 4.90 Å². The average Bonchev–Trinajstić information content (AvgIpc) is 3.22. The van der Waals surface area contributed by atoms with Crippen molar-refractivity contribution in [2.45, 2.75) is 84.2 Å². The third-order valence-electron chi connectivity index (χ3n) is 5.36. The van der Waals surface area contributed by atoms with Gasteiger partial charge in [0.15, 0.2) is 0 Å². The van der Waals surface area contributed by atoms with E-state index in [9.17, 15) is 5.11 Å². The molecule has 1 aliphatic carbocycles. The molecule has 5 unspecified atom stereocenters. The quantitative estimate of drug-likeness (QED) is 0.400. The van der Waals surface area contributed by atoms with Gasteiger partial charge in [-0.05, 0) is 50.6 Å². The van der Waals surface area contributed by atoms with Crippen molar-refractivity contribution in [2.75, 3.05) is 13.1 Å². The van der Waals surface area contributed by atoms with E-state index in [0.29, 0.717) is 24.0 Å². The van der Waals surface area contributed by atoms with Crippen LogP contribution in [-0.4, -0.2) is 41.5 Å².